The molecule has 0 saturated heterocycles. The Balaban J connectivity index is 2.57. The van der Waals surface area contributed by atoms with Crippen molar-refractivity contribution in [2.45, 2.75) is 0 Å². The molecule has 0 fully saturated rings. The number of hydrogen-bond acceptors (Lipinski definition) is 3. The summed E-state index contributed by atoms with van der Waals surface area (Å²) in [6.45, 7) is 0. The van der Waals surface area contributed by atoms with E-state index in [-0.39, 0.29) is 0 Å². The first-order valence-electron chi connectivity index (χ1n) is 4.08. The fourth-order valence-electron chi connectivity index (χ4n) is 1.26. The van der Waals surface area contributed by atoms with Crippen molar-refractivity contribution in [2.24, 2.45) is 0 Å². The number of halogens is 1. The van der Waals surface area contributed by atoms with Gasteiger partial charge in [-0.1, -0.05) is 23.7 Å². The molecule has 0 atom stereocenters. The lowest BCUT2D eigenvalue weighted by atomic mass is 10.1. The molecule has 0 aliphatic carbocycles. The maximum Gasteiger partial charge on any atom is 0.0934 e. The SMILES string of the molecule is Nc1cccc(-c2ccc(Cl)s2)c1N. The number of anilines is 2. The van der Waals surface area contributed by atoms with Gasteiger partial charge in [-0.2, -0.15) is 0 Å². The monoisotopic (exact) mass is 224 g/mol. The van der Waals surface area contributed by atoms with Crippen molar-refractivity contribution in [3.05, 3.63) is 34.7 Å². The van der Waals surface area contributed by atoms with E-state index in [0.29, 0.717) is 11.4 Å². The van der Waals surface area contributed by atoms with E-state index >= 15 is 0 Å². The maximum absolute atomic E-state index is 5.86. The number of hydrogen-bond donors (Lipinski definition) is 2. The van der Waals surface area contributed by atoms with Gasteiger partial charge < -0.3 is 11.5 Å². The summed E-state index contributed by atoms with van der Waals surface area (Å²) in [5.41, 5.74) is 13.7. The fraction of sp³-hybridized carbons (Fsp3) is 0. The minimum Gasteiger partial charge on any atom is -0.397 e. The Hall–Kier alpha value is -1.19. The Morgan fingerprint density at radius 3 is 2.50 bits per heavy atom. The van der Waals surface area contributed by atoms with E-state index in [2.05, 4.69) is 0 Å². The lowest BCUT2D eigenvalue weighted by Gasteiger charge is -2.05. The second-order valence-corrected chi connectivity index (χ2v) is 4.63. The summed E-state index contributed by atoms with van der Waals surface area (Å²) in [5, 5.41) is 0. The van der Waals surface area contributed by atoms with E-state index in [9.17, 15) is 0 Å². The lowest BCUT2D eigenvalue weighted by molar-refractivity contribution is 1.66. The van der Waals surface area contributed by atoms with Crippen molar-refractivity contribution in [3.8, 4) is 10.4 Å². The number of benzene rings is 1. The van der Waals surface area contributed by atoms with Crippen LogP contribution in [0.5, 0.6) is 0 Å². The number of thiophene rings is 1. The minimum absolute atomic E-state index is 0.604. The van der Waals surface area contributed by atoms with Crippen LogP contribution in [-0.4, -0.2) is 0 Å². The third-order valence-corrected chi connectivity index (χ3v) is 3.24. The van der Waals surface area contributed by atoms with Gasteiger partial charge in [0.25, 0.3) is 0 Å². The topological polar surface area (TPSA) is 52.0 Å². The average Bonchev–Trinajstić information content (AvgIpc) is 2.57. The van der Waals surface area contributed by atoms with Crippen LogP contribution in [0.3, 0.4) is 0 Å². The number of nitrogens with two attached hydrogens (primary N) is 2. The molecule has 0 radical (unpaired) electrons. The highest BCUT2D eigenvalue weighted by Crippen LogP contribution is 2.36. The van der Waals surface area contributed by atoms with E-state index in [1.165, 1.54) is 11.3 Å². The zero-order valence-electron chi connectivity index (χ0n) is 7.33. The zero-order valence-corrected chi connectivity index (χ0v) is 8.90. The highest BCUT2D eigenvalue weighted by molar-refractivity contribution is 7.19. The van der Waals surface area contributed by atoms with Crippen LogP contribution in [0.25, 0.3) is 10.4 Å². The summed E-state index contributed by atoms with van der Waals surface area (Å²) in [4.78, 5) is 1.04. The Morgan fingerprint density at radius 2 is 1.86 bits per heavy atom. The molecule has 2 nitrogen and oxygen atoms in total. The molecule has 0 aliphatic heterocycles. The van der Waals surface area contributed by atoms with E-state index < -0.39 is 0 Å². The van der Waals surface area contributed by atoms with Crippen LogP contribution in [0.15, 0.2) is 30.3 Å². The van der Waals surface area contributed by atoms with Gasteiger partial charge in [0.15, 0.2) is 0 Å². The van der Waals surface area contributed by atoms with Crippen LogP contribution in [0, 0.1) is 0 Å². The van der Waals surface area contributed by atoms with Gasteiger partial charge in [0.05, 0.1) is 15.7 Å². The van der Waals surface area contributed by atoms with Crippen molar-refractivity contribution in [1.29, 1.82) is 0 Å². The summed E-state index contributed by atoms with van der Waals surface area (Å²) < 4.78 is 0.752. The Kier molecular flexibility index (Phi) is 2.35. The predicted molar refractivity (Wildman–Crippen MR) is 63.6 cm³/mol. The summed E-state index contributed by atoms with van der Waals surface area (Å²) in [7, 11) is 0. The lowest BCUT2D eigenvalue weighted by Crippen LogP contribution is -1.95. The van der Waals surface area contributed by atoms with Gasteiger partial charge >= 0.3 is 0 Å². The van der Waals surface area contributed by atoms with E-state index in [1.54, 1.807) is 6.07 Å². The molecule has 72 valence electrons. The molecule has 0 spiro atoms. The number of nitrogen functional groups attached to an aromatic ring is 2. The predicted octanol–water partition coefficient (Wildman–Crippen LogP) is 3.23. The molecule has 1 aromatic carbocycles. The molecule has 1 heterocycles. The van der Waals surface area contributed by atoms with Gasteiger partial charge in [-0.15, -0.1) is 11.3 Å². The first kappa shape index (κ1) is 9.37. The molecular formula is C10H9ClN2S. The van der Waals surface area contributed by atoms with Crippen molar-refractivity contribution in [3.63, 3.8) is 0 Å². The molecule has 0 aliphatic rings. The average molecular weight is 225 g/mol. The number of para-hydroxylation sites is 1. The molecule has 0 unspecified atom stereocenters. The fourth-order valence-corrected chi connectivity index (χ4v) is 2.34. The van der Waals surface area contributed by atoms with Crippen molar-refractivity contribution < 1.29 is 0 Å². The minimum atomic E-state index is 0.604. The second kappa shape index (κ2) is 3.52. The molecule has 4 heteroatoms. The molecule has 2 rings (SSSR count). The molecule has 2 aromatic rings. The van der Waals surface area contributed by atoms with Crippen molar-refractivity contribution in [1.82, 2.24) is 0 Å². The standard InChI is InChI=1S/C10H9ClN2S/c11-9-5-4-8(14-9)6-2-1-3-7(12)10(6)13/h1-5H,12-13H2. The highest BCUT2D eigenvalue weighted by Gasteiger charge is 2.06. The van der Waals surface area contributed by atoms with Crippen molar-refractivity contribution >= 4 is 34.3 Å². The molecule has 0 amide bonds. The Morgan fingerprint density at radius 1 is 1.07 bits per heavy atom. The second-order valence-electron chi connectivity index (χ2n) is 2.91. The first-order valence-corrected chi connectivity index (χ1v) is 5.27. The number of rotatable bonds is 1. The maximum atomic E-state index is 5.86. The van der Waals surface area contributed by atoms with Crippen LogP contribution in [0.2, 0.25) is 4.34 Å². The smallest absolute Gasteiger partial charge is 0.0934 e. The normalized spacial score (nSPS) is 10.4. The van der Waals surface area contributed by atoms with Crippen LogP contribution < -0.4 is 11.5 Å². The van der Waals surface area contributed by atoms with Crippen LogP contribution in [0.1, 0.15) is 0 Å². The van der Waals surface area contributed by atoms with E-state index in [4.69, 9.17) is 23.1 Å². The molecule has 4 N–H and O–H groups in total. The zero-order chi connectivity index (χ0) is 10.1. The Bertz CT molecular complexity index is 465. The van der Waals surface area contributed by atoms with Gasteiger partial charge in [0.2, 0.25) is 0 Å². The largest absolute Gasteiger partial charge is 0.397 e. The van der Waals surface area contributed by atoms with E-state index in [0.717, 1.165) is 14.8 Å². The van der Waals surface area contributed by atoms with E-state index in [1.807, 2.05) is 24.3 Å². The van der Waals surface area contributed by atoms with Gasteiger partial charge in [-0.3, -0.25) is 0 Å². The third-order valence-electron chi connectivity index (χ3n) is 1.98. The van der Waals surface area contributed by atoms with Crippen LogP contribution in [-0.2, 0) is 0 Å². The summed E-state index contributed by atoms with van der Waals surface area (Å²) in [6, 6.07) is 9.40. The quantitative estimate of drug-likeness (QED) is 0.731. The molecule has 0 bridgehead atoms. The highest BCUT2D eigenvalue weighted by atomic mass is 35.5. The summed E-state index contributed by atoms with van der Waals surface area (Å²) in [6.07, 6.45) is 0. The summed E-state index contributed by atoms with van der Waals surface area (Å²) in [5.74, 6) is 0. The van der Waals surface area contributed by atoms with Crippen molar-refractivity contribution in [2.75, 3.05) is 11.5 Å². The van der Waals surface area contributed by atoms with Crippen LogP contribution in [0.4, 0.5) is 11.4 Å². The van der Waals surface area contributed by atoms with Gasteiger partial charge in [-0.05, 0) is 18.2 Å². The molecule has 14 heavy (non-hydrogen) atoms. The Labute approximate surface area is 91.1 Å². The summed E-state index contributed by atoms with van der Waals surface area (Å²) >= 11 is 7.34. The third kappa shape index (κ3) is 1.56. The van der Waals surface area contributed by atoms with Gasteiger partial charge in [0, 0.05) is 10.4 Å². The van der Waals surface area contributed by atoms with Gasteiger partial charge in [0.1, 0.15) is 0 Å². The molecular weight excluding hydrogens is 216 g/mol. The van der Waals surface area contributed by atoms with Crippen LogP contribution >= 0.6 is 22.9 Å². The first-order chi connectivity index (χ1) is 6.68. The molecule has 0 saturated carbocycles. The van der Waals surface area contributed by atoms with Gasteiger partial charge in [-0.25, -0.2) is 0 Å². The molecule has 1 aromatic heterocycles.